The van der Waals surface area contributed by atoms with Crippen LogP contribution < -0.4 is 0 Å². The Balaban J connectivity index is 1.77. The first-order valence-corrected chi connectivity index (χ1v) is 8.36. The normalized spacial score (nSPS) is 12.5. The first kappa shape index (κ1) is 16.7. The van der Waals surface area contributed by atoms with Crippen molar-refractivity contribution in [1.82, 2.24) is 0 Å². The molecule has 0 aliphatic carbocycles. The maximum Gasteiger partial charge on any atom is 0.171 e. The van der Waals surface area contributed by atoms with Gasteiger partial charge in [0.05, 0.1) is 6.21 Å². The van der Waals surface area contributed by atoms with E-state index in [1.165, 1.54) is 5.56 Å². The van der Waals surface area contributed by atoms with Gasteiger partial charge in [0.1, 0.15) is 0 Å². The van der Waals surface area contributed by atoms with Crippen LogP contribution in [0.2, 0.25) is 0 Å². The van der Waals surface area contributed by atoms with Crippen molar-refractivity contribution in [1.29, 1.82) is 0 Å². The summed E-state index contributed by atoms with van der Waals surface area (Å²) in [6.07, 6.45) is 5.62. The van der Waals surface area contributed by atoms with Crippen LogP contribution in [-0.4, -0.2) is 6.21 Å². The van der Waals surface area contributed by atoms with Gasteiger partial charge in [-0.2, -0.15) is 0 Å². The van der Waals surface area contributed by atoms with Gasteiger partial charge in [0.2, 0.25) is 0 Å². The van der Waals surface area contributed by atoms with Crippen LogP contribution in [0.15, 0.2) is 96.2 Å². The molecule has 124 valence electrons. The molecule has 0 aromatic heterocycles. The van der Waals surface area contributed by atoms with E-state index >= 15 is 0 Å². The van der Waals surface area contributed by atoms with Crippen molar-refractivity contribution in [3.05, 3.63) is 113 Å². The third-order valence-corrected chi connectivity index (χ3v) is 3.95. The van der Waals surface area contributed by atoms with Crippen molar-refractivity contribution < 1.29 is 4.84 Å². The van der Waals surface area contributed by atoms with Crippen molar-refractivity contribution >= 4 is 12.3 Å². The number of benzene rings is 3. The zero-order chi connectivity index (χ0) is 17.3. The van der Waals surface area contributed by atoms with Gasteiger partial charge in [-0.25, -0.2) is 0 Å². The molecule has 0 spiro atoms. The zero-order valence-corrected chi connectivity index (χ0v) is 14.2. The molecule has 0 bridgehead atoms. The maximum absolute atomic E-state index is 5.79. The van der Waals surface area contributed by atoms with E-state index in [-0.39, 0.29) is 6.10 Å². The van der Waals surface area contributed by atoms with Gasteiger partial charge in [-0.15, -0.1) is 0 Å². The van der Waals surface area contributed by atoms with Crippen LogP contribution in [0.3, 0.4) is 0 Å². The lowest BCUT2D eigenvalue weighted by molar-refractivity contribution is 0.0948. The zero-order valence-electron chi connectivity index (χ0n) is 14.2. The number of rotatable bonds is 6. The highest BCUT2D eigenvalue weighted by Gasteiger charge is 2.08. The highest BCUT2D eigenvalue weighted by atomic mass is 16.6. The summed E-state index contributed by atoms with van der Waals surface area (Å²) in [5, 5.41) is 4.22. The quantitative estimate of drug-likeness (QED) is 0.414. The van der Waals surface area contributed by atoms with Crippen molar-refractivity contribution in [2.75, 3.05) is 0 Å². The van der Waals surface area contributed by atoms with Gasteiger partial charge in [-0.3, -0.25) is 0 Å². The van der Waals surface area contributed by atoms with Gasteiger partial charge in [0, 0.05) is 0 Å². The molecule has 0 aliphatic heterocycles. The van der Waals surface area contributed by atoms with Crippen LogP contribution >= 0.6 is 0 Å². The van der Waals surface area contributed by atoms with E-state index in [0.717, 1.165) is 16.7 Å². The van der Waals surface area contributed by atoms with Crippen LogP contribution in [0.5, 0.6) is 0 Å². The minimum atomic E-state index is -0.235. The topological polar surface area (TPSA) is 21.6 Å². The number of hydrogen-bond acceptors (Lipinski definition) is 2. The molecule has 3 aromatic carbocycles. The van der Waals surface area contributed by atoms with Gasteiger partial charge in [0.15, 0.2) is 6.10 Å². The first-order chi connectivity index (χ1) is 12.3. The third kappa shape index (κ3) is 4.92. The second kappa shape index (κ2) is 8.65. The molecule has 0 N–H and O–H groups in total. The molecule has 0 radical (unpaired) electrons. The van der Waals surface area contributed by atoms with Crippen molar-refractivity contribution in [2.45, 2.75) is 13.0 Å². The van der Waals surface area contributed by atoms with Crippen LogP contribution in [0, 0.1) is 6.92 Å². The molecular weight excluding hydrogens is 306 g/mol. The molecule has 0 fully saturated rings. The monoisotopic (exact) mass is 327 g/mol. The van der Waals surface area contributed by atoms with E-state index in [2.05, 4.69) is 36.4 Å². The van der Waals surface area contributed by atoms with Crippen molar-refractivity contribution in [2.24, 2.45) is 5.16 Å². The summed E-state index contributed by atoms with van der Waals surface area (Å²) in [4.78, 5) is 5.79. The van der Waals surface area contributed by atoms with Gasteiger partial charge < -0.3 is 4.84 Å². The van der Waals surface area contributed by atoms with E-state index in [4.69, 9.17) is 4.84 Å². The molecule has 2 nitrogen and oxygen atoms in total. The Hall–Kier alpha value is -3.13. The fraction of sp³-hybridized carbons (Fsp3) is 0.0870. The highest BCUT2D eigenvalue weighted by molar-refractivity contribution is 5.81. The summed E-state index contributed by atoms with van der Waals surface area (Å²) in [6.45, 7) is 2.06. The Morgan fingerprint density at radius 1 is 0.800 bits per heavy atom. The number of oxime groups is 1. The van der Waals surface area contributed by atoms with Crippen LogP contribution in [-0.2, 0) is 4.84 Å². The summed E-state index contributed by atoms with van der Waals surface area (Å²) in [5.74, 6) is 0. The highest BCUT2D eigenvalue weighted by Crippen LogP contribution is 2.20. The summed E-state index contributed by atoms with van der Waals surface area (Å²) >= 11 is 0. The van der Waals surface area contributed by atoms with E-state index in [1.54, 1.807) is 6.21 Å². The molecule has 25 heavy (non-hydrogen) atoms. The lowest BCUT2D eigenvalue weighted by atomic mass is 10.1. The standard InChI is InChI=1S/C23H21NO/c1-19-10-8-9-15-22(19)18-24-25-23(21-13-6-3-7-14-21)17-16-20-11-4-2-5-12-20/h2-18,23H,1H3/b17-16+,24-18+/t23-/m0/s1. The molecule has 0 heterocycles. The second-order valence-electron chi connectivity index (χ2n) is 5.80. The van der Waals surface area contributed by atoms with Crippen molar-refractivity contribution in [3.8, 4) is 0 Å². The summed E-state index contributed by atoms with van der Waals surface area (Å²) < 4.78 is 0. The number of hydrogen-bond donors (Lipinski definition) is 0. The third-order valence-electron chi connectivity index (χ3n) is 3.95. The van der Waals surface area contributed by atoms with Gasteiger partial charge in [0.25, 0.3) is 0 Å². The Bertz CT molecular complexity index is 838. The van der Waals surface area contributed by atoms with Gasteiger partial charge in [-0.05, 0) is 35.3 Å². The fourth-order valence-electron chi connectivity index (χ4n) is 2.50. The lowest BCUT2D eigenvalue weighted by Gasteiger charge is -2.11. The van der Waals surface area contributed by atoms with Crippen molar-refractivity contribution in [3.63, 3.8) is 0 Å². The average molecular weight is 327 g/mol. The van der Waals surface area contributed by atoms with E-state index in [9.17, 15) is 0 Å². The summed E-state index contributed by atoms with van der Waals surface area (Å²) in [6, 6.07) is 28.4. The molecule has 1 atom stereocenters. The minimum Gasteiger partial charge on any atom is -0.383 e. The molecule has 3 aromatic rings. The average Bonchev–Trinajstić information content (AvgIpc) is 2.67. The van der Waals surface area contributed by atoms with Crippen LogP contribution in [0.25, 0.3) is 6.08 Å². The molecule has 0 saturated heterocycles. The second-order valence-corrected chi connectivity index (χ2v) is 5.80. The molecule has 0 amide bonds. The minimum absolute atomic E-state index is 0.235. The molecule has 0 saturated carbocycles. The van der Waals surface area contributed by atoms with E-state index < -0.39 is 0 Å². The Kier molecular flexibility index (Phi) is 5.78. The van der Waals surface area contributed by atoms with Gasteiger partial charge >= 0.3 is 0 Å². The number of aryl methyl sites for hydroxylation is 1. The smallest absolute Gasteiger partial charge is 0.171 e. The summed E-state index contributed by atoms with van der Waals surface area (Å²) in [7, 11) is 0. The predicted molar refractivity (Wildman–Crippen MR) is 105 cm³/mol. The van der Waals surface area contributed by atoms with Gasteiger partial charge in [-0.1, -0.05) is 96.2 Å². The van der Waals surface area contributed by atoms with E-state index in [1.807, 2.05) is 72.8 Å². The maximum atomic E-state index is 5.79. The lowest BCUT2D eigenvalue weighted by Crippen LogP contribution is -1.98. The Morgan fingerprint density at radius 3 is 2.16 bits per heavy atom. The first-order valence-electron chi connectivity index (χ1n) is 8.36. The van der Waals surface area contributed by atoms with E-state index in [0.29, 0.717) is 0 Å². The molecule has 0 aliphatic rings. The molecule has 0 unspecified atom stereocenters. The molecule has 2 heteroatoms. The SMILES string of the molecule is Cc1ccccc1/C=N/O[C@@H](/C=C/c1ccccc1)c1ccccc1. The largest absolute Gasteiger partial charge is 0.383 e. The Morgan fingerprint density at radius 2 is 1.44 bits per heavy atom. The number of nitrogens with zero attached hydrogens (tertiary/aromatic N) is 1. The van der Waals surface area contributed by atoms with Crippen LogP contribution in [0.4, 0.5) is 0 Å². The summed E-state index contributed by atoms with van der Waals surface area (Å²) in [5.41, 5.74) is 4.43. The predicted octanol–water partition coefficient (Wildman–Crippen LogP) is 5.80. The molecular formula is C23H21NO. The fourth-order valence-corrected chi connectivity index (χ4v) is 2.50. The van der Waals surface area contributed by atoms with Crippen LogP contribution in [0.1, 0.15) is 28.4 Å². The Labute approximate surface area is 149 Å². The molecule has 3 rings (SSSR count).